The van der Waals surface area contributed by atoms with Crippen molar-refractivity contribution in [3.8, 4) is 0 Å². The number of benzene rings is 3. The van der Waals surface area contributed by atoms with Gasteiger partial charge >= 0.3 is 0 Å². The molecule has 3 rings (SSSR count). The molecule has 1 N–H and O–H groups in total. The molecule has 1 atom stereocenters. The first-order valence-electron chi connectivity index (χ1n) is 13.0. The molecule has 0 heterocycles. The van der Waals surface area contributed by atoms with E-state index in [2.05, 4.69) is 5.32 Å². The van der Waals surface area contributed by atoms with Crippen LogP contribution in [-0.2, 0) is 26.0 Å². The number of nitrogens with zero attached hydrogens (tertiary/aromatic N) is 2. The number of amides is 2. The number of sulfonamides is 1. The van der Waals surface area contributed by atoms with Gasteiger partial charge in [0, 0.05) is 13.1 Å². The number of hydrogen-bond donors (Lipinski definition) is 1. The predicted molar refractivity (Wildman–Crippen MR) is 151 cm³/mol. The fourth-order valence-electron chi connectivity index (χ4n) is 4.34. The molecule has 3 aromatic rings. The fourth-order valence-corrected chi connectivity index (χ4v) is 5.84. The van der Waals surface area contributed by atoms with Crippen molar-refractivity contribution in [2.45, 2.75) is 51.0 Å². The highest BCUT2D eigenvalue weighted by Crippen LogP contribution is 2.27. The van der Waals surface area contributed by atoms with Gasteiger partial charge in [0.2, 0.25) is 11.8 Å². The summed E-state index contributed by atoms with van der Waals surface area (Å²) in [6.07, 6.45) is 1.72. The number of aryl methyl sites for hydroxylation is 1. The lowest BCUT2D eigenvalue weighted by molar-refractivity contribution is -0.139. The predicted octanol–water partition coefficient (Wildman–Crippen LogP) is 4.57. The van der Waals surface area contributed by atoms with Gasteiger partial charge in [0.15, 0.2) is 0 Å². The van der Waals surface area contributed by atoms with E-state index in [1.165, 1.54) is 17.0 Å². The van der Waals surface area contributed by atoms with Crippen LogP contribution in [0, 0.1) is 6.92 Å². The van der Waals surface area contributed by atoms with Crippen LogP contribution in [0.3, 0.4) is 0 Å². The van der Waals surface area contributed by atoms with Crippen molar-refractivity contribution in [2.24, 2.45) is 0 Å². The van der Waals surface area contributed by atoms with Crippen molar-refractivity contribution >= 4 is 27.5 Å². The third-order valence-corrected chi connectivity index (χ3v) is 8.19. The van der Waals surface area contributed by atoms with E-state index < -0.39 is 28.5 Å². The van der Waals surface area contributed by atoms with Gasteiger partial charge in [0.1, 0.15) is 12.6 Å². The lowest BCUT2D eigenvalue weighted by Gasteiger charge is -2.33. The van der Waals surface area contributed by atoms with Gasteiger partial charge in [0.25, 0.3) is 10.0 Å². The van der Waals surface area contributed by atoms with Crippen molar-refractivity contribution in [1.29, 1.82) is 0 Å². The quantitative estimate of drug-likeness (QED) is 0.348. The molecule has 0 unspecified atom stereocenters. The van der Waals surface area contributed by atoms with Crippen LogP contribution < -0.4 is 9.62 Å². The minimum Gasteiger partial charge on any atom is -0.354 e. The smallest absolute Gasteiger partial charge is 0.264 e. The van der Waals surface area contributed by atoms with Crippen LogP contribution >= 0.6 is 0 Å². The van der Waals surface area contributed by atoms with Gasteiger partial charge in [-0.05, 0) is 55.5 Å². The second-order valence-electron chi connectivity index (χ2n) is 9.15. The average molecular weight is 536 g/mol. The normalized spacial score (nSPS) is 12.0. The maximum atomic E-state index is 14.0. The summed E-state index contributed by atoms with van der Waals surface area (Å²) in [5.74, 6) is -0.661. The summed E-state index contributed by atoms with van der Waals surface area (Å²) in [6, 6.07) is 24.2. The van der Waals surface area contributed by atoms with E-state index in [1.54, 1.807) is 30.3 Å². The standard InChI is InChI=1S/C30H37N3O4S/c1-4-21-31-30(35)27(5-2)32(22-20-25-15-8-6-9-16-25)29(34)23-33(28-19-13-12-14-24(28)3)38(36,37)26-17-10-7-11-18-26/h6-19,27H,4-5,20-23H2,1-3H3,(H,31,35)/t27-/m0/s1. The zero-order valence-corrected chi connectivity index (χ0v) is 23.2. The minimum atomic E-state index is -4.05. The number of anilines is 1. The van der Waals surface area contributed by atoms with Gasteiger partial charge in [-0.3, -0.25) is 13.9 Å². The number of para-hydroxylation sites is 1. The highest BCUT2D eigenvalue weighted by molar-refractivity contribution is 7.92. The van der Waals surface area contributed by atoms with Crippen LogP contribution in [0.25, 0.3) is 0 Å². The largest absolute Gasteiger partial charge is 0.354 e. The second-order valence-corrected chi connectivity index (χ2v) is 11.0. The Morgan fingerprint density at radius 1 is 0.868 bits per heavy atom. The third-order valence-electron chi connectivity index (χ3n) is 6.41. The molecule has 0 bridgehead atoms. The Hall–Kier alpha value is -3.65. The van der Waals surface area contributed by atoms with Crippen LogP contribution in [0.4, 0.5) is 5.69 Å². The van der Waals surface area contributed by atoms with Crippen molar-refractivity contribution in [2.75, 3.05) is 23.9 Å². The zero-order valence-electron chi connectivity index (χ0n) is 22.3. The van der Waals surface area contributed by atoms with E-state index in [4.69, 9.17) is 0 Å². The maximum Gasteiger partial charge on any atom is 0.264 e. The van der Waals surface area contributed by atoms with Crippen molar-refractivity contribution in [3.05, 3.63) is 96.1 Å². The highest BCUT2D eigenvalue weighted by atomic mass is 32.2. The van der Waals surface area contributed by atoms with Crippen LogP contribution in [-0.4, -0.2) is 50.8 Å². The number of carbonyl (C=O) groups excluding carboxylic acids is 2. The Morgan fingerprint density at radius 2 is 1.47 bits per heavy atom. The van der Waals surface area contributed by atoms with Crippen molar-refractivity contribution < 1.29 is 18.0 Å². The number of hydrogen-bond acceptors (Lipinski definition) is 4. The summed E-state index contributed by atoms with van der Waals surface area (Å²) < 4.78 is 28.8. The fraction of sp³-hybridized carbons (Fsp3) is 0.333. The molecule has 0 aliphatic heterocycles. The molecule has 0 aromatic heterocycles. The summed E-state index contributed by atoms with van der Waals surface area (Å²) >= 11 is 0. The molecule has 202 valence electrons. The van der Waals surface area contributed by atoms with Crippen LogP contribution in [0.2, 0.25) is 0 Å². The Morgan fingerprint density at radius 3 is 2.08 bits per heavy atom. The second kappa shape index (κ2) is 13.8. The van der Waals surface area contributed by atoms with E-state index in [0.29, 0.717) is 25.1 Å². The van der Waals surface area contributed by atoms with E-state index in [9.17, 15) is 18.0 Å². The molecule has 7 nitrogen and oxygen atoms in total. The molecular formula is C30H37N3O4S. The summed E-state index contributed by atoms with van der Waals surface area (Å²) in [4.78, 5) is 28.7. The molecular weight excluding hydrogens is 498 g/mol. The van der Waals surface area contributed by atoms with Crippen LogP contribution in [0.15, 0.2) is 89.8 Å². The average Bonchev–Trinajstić information content (AvgIpc) is 2.94. The number of rotatable bonds is 13. The summed E-state index contributed by atoms with van der Waals surface area (Å²) in [5, 5.41) is 2.90. The molecule has 0 aliphatic carbocycles. The summed E-state index contributed by atoms with van der Waals surface area (Å²) in [5.41, 5.74) is 2.18. The Kier molecular flexibility index (Phi) is 10.5. The molecule has 0 radical (unpaired) electrons. The Balaban J connectivity index is 1.99. The highest BCUT2D eigenvalue weighted by Gasteiger charge is 2.33. The van der Waals surface area contributed by atoms with E-state index in [0.717, 1.165) is 21.9 Å². The van der Waals surface area contributed by atoms with Crippen LogP contribution in [0.5, 0.6) is 0 Å². The van der Waals surface area contributed by atoms with E-state index in [1.807, 2.05) is 63.2 Å². The van der Waals surface area contributed by atoms with Crippen molar-refractivity contribution in [3.63, 3.8) is 0 Å². The van der Waals surface area contributed by atoms with Gasteiger partial charge in [-0.1, -0.05) is 80.6 Å². The molecule has 38 heavy (non-hydrogen) atoms. The number of carbonyl (C=O) groups is 2. The lowest BCUT2D eigenvalue weighted by Crippen LogP contribution is -2.53. The molecule has 3 aromatic carbocycles. The van der Waals surface area contributed by atoms with E-state index in [-0.39, 0.29) is 17.3 Å². The lowest BCUT2D eigenvalue weighted by atomic mass is 10.1. The third kappa shape index (κ3) is 7.22. The molecule has 0 saturated carbocycles. The van der Waals surface area contributed by atoms with Gasteiger partial charge in [-0.2, -0.15) is 0 Å². The van der Waals surface area contributed by atoms with Gasteiger partial charge in [-0.15, -0.1) is 0 Å². The monoisotopic (exact) mass is 535 g/mol. The molecule has 0 spiro atoms. The van der Waals surface area contributed by atoms with Gasteiger partial charge < -0.3 is 10.2 Å². The zero-order chi connectivity index (χ0) is 27.5. The first kappa shape index (κ1) is 28.9. The molecule has 0 fully saturated rings. The first-order chi connectivity index (χ1) is 18.3. The molecule has 0 saturated heterocycles. The van der Waals surface area contributed by atoms with Crippen LogP contribution in [0.1, 0.15) is 37.8 Å². The molecule has 8 heteroatoms. The SMILES string of the molecule is CCCNC(=O)[C@H](CC)N(CCc1ccccc1)C(=O)CN(c1ccccc1C)S(=O)(=O)c1ccccc1. The van der Waals surface area contributed by atoms with Gasteiger partial charge in [0.05, 0.1) is 10.6 Å². The Bertz CT molecular complexity index is 1300. The van der Waals surface area contributed by atoms with E-state index >= 15 is 0 Å². The maximum absolute atomic E-state index is 14.0. The van der Waals surface area contributed by atoms with Crippen molar-refractivity contribution in [1.82, 2.24) is 10.2 Å². The summed E-state index contributed by atoms with van der Waals surface area (Å²) in [6.45, 7) is 6.01. The minimum absolute atomic E-state index is 0.0969. The topological polar surface area (TPSA) is 86.8 Å². The summed E-state index contributed by atoms with van der Waals surface area (Å²) in [7, 11) is -4.05. The Labute approximate surface area is 226 Å². The van der Waals surface area contributed by atoms with Gasteiger partial charge in [-0.25, -0.2) is 8.42 Å². The number of nitrogens with one attached hydrogen (secondary N) is 1. The molecule has 2 amide bonds. The first-order valence-corrected chi connectivity index (χ1v) is 14.5. The molecule has 0 aliphatic rings.